The first kappa shape index (κ1) is 9.84. The van der Waals surface area contributed by atoms with Crippen LogP contribution >= 0.6 is 0 Å². The third kappa shape index (κ3) is 2.34. The van der Waals surface area contributed by atoms with Crippen molar-refractivity contribution in [2.45, 2.75) is 6.82 Å². The monoisotopic (exact) mass is 175 g/mol. The van der Waals surface area contributed by atoms with Gasteiger partial charge >= 0.3 is 0 Å². The molecule has 0 fully saturated rings. The van der Waals surface area contributed by atoms with E-state index in [-0.39, 0.29) is 5.91 Å². The van der Waals surface area contributed by atoms with Crippen LogP contribution in [0.3, 0.4) is 0 Å². The van der Waals surface area contributed by atoms with Crippen LogP contribution in [0.4, 0.5) is 0 Å². The van der Waals surface area contributed by atoms with Crippen molar-refractivity contribution in [1.82, 2.24) is 4.90 Å². The molecule has 0 aliphatic carbocycles. The summed E-state index contributed by atoms with van der Waals surface area (Å²) >= 11 is 0. The van der Waals surface area contributed by atoms with Gasteiger partial charge in [-0.05, 0) is 0 Å². The second-order valence-corrected chi connectivity index (χ2v) is 3.25. The van der Waals surface area contributed by atoms with Crippen LogP contribution in [0.5, 0.6) is 0 Å². The van der Waals surface area contributed by atoms with E-state index >= 15 is 0 Å². The Bertz CT molecular complexity index is 292. The molecule has 0 aliphatic rings. The van der Waals surface area contributed by atoms with Crippen LogP contribution in [0.25, 0.3) is 0 Å². The molecule has 1 aromatic rings. The standard InChI is InChI=1S/C10H14BNO/c1-11-9-6-4-8(5-7-9)10(13)12(2)3/h4-7,11H,1-3H3. The van der Waals surface area contributed by atoms with Crippen molar-refractivity contribution in [1.29, 1.82) is 0 Å². The molecule has 1 rings (SSSR count). The average Bonchev–Trinajstić information content (AvgIpc) is 2.17. The van der Waals surface area contributed by atoms with Crippen LogP contribution in [0.1, 0.15) is 10.4 Å². The average molecular weight is 175 g/mol. The fourth-order valence-corrected chi connectivity index (χ4v) is 1.14. The third-order valence-electron chi connectivity index (χ3n) is 2.02. The first-order chi connectivity index (χ1) is 6.15. The SMILES string of the molecule is CBc1ccc(C(=O)N(C)C)cc1. The largest absolute Gasteiger partial charge is 0.345 e. The number of hydrogen-bond donors (Lipinski definition) is 0. The molecule has 3 heteroatoms. The second kappa shape index (κ2) is 4.12. The van der Waals surface area contributed by atoms with Crippen molar-refractivity contribution < 1.29 is 4.79 Å². The summed E-state index contributed by atoms with van der Waals surface area (Å²) in [5.74, 6) is 0.0580. The summed E-state index contributed by atoms with van der Waals surface area (Å²) in [6.45, 7) is 2.10. The van der Waals surface area contributed by atoms with E-state index in [1.165, 1.54) is 5.46 Å². The normalized spacial score (nSPS) is 9.46. The van der Waals surface area contributed by atoms with E-state index in [0.29, 0.717) is 0 Å². The van der Waals surface area contributed by atoms with Gasteiger partial charge in [0.05, 0.1) is 0 Å². The van der Waals surface area contributed by atoms with Crippen molar-refractivity contribution in [3.05, 3.63) is 29.8 Å². The minimum atomic E-state index is 0.0580. The number of amides is 1. The second-order valence-electron chi connectivity index (χ2n) is 3.25. The van der Waals surface area contributed by atoms with Gasteiger partial charge in [-0.3, -0.25) is 4.79 Å². The minimum absolute atomic E-state index is 0.0580. The number of nitrogens with zero attached hydrogens (tertiary/aromatic N) is 1. The van der Waals surface area contributed by atoms with Gasteiger partial charge in [0.2, 0.25) is 0 Å². The quantitative estimate of drug-likeness (QED) is 0.599. The lowest BCUT2D eigenvalue weighted by molar-refractivity contribution is 0.0827. The molecular formula is C10H14BNO. The number of rotatable bonds is 2. The van der Waals surface area contributed by atoms with Crippen molar-refractivity contribution in [2.24, 2.45) is 0 Å². The van der Waals surface area contributed by atoms with Gasteiger partial charge in [-0.1, -0.05) is 36.6 Å². The molecule has 0 saturated carbocycles. The van der Waals surface area contributed by atoms with Gasteiger partial charge < -0.3 is 4.90 Å². The predicted molar refractivity (Wildman–Crippen MR) is 57.1 cm³/mol. The first-order valence-electron chi connectivity index (χ1n) is 4.45. The maximum Gasteiger partial charge on any atom is 0.253 e. The Kier molecular flexibility index (Phi) is 3.12. The number of carbonyl (C=O) groups excluding carboxylic acids is 1. The Balaban J connectivity index is 2.86. The van der Waals surface area contributed by atoms with Crippen LogP contribution in [0, 0.1) is 0 Å². The molecule has 0 N–H and O–H groups in total. The van der Waals surface area contributed by atoms with Crippen molar-refractivity contribution in [2.75, 3.05) is 14.1 Å². The third-order valence-corrected chi connectivity index (χ3v) is 2.02. The van der Waals surface area contributed by atoms with Crippen LogP contribution in [0.15, 0.2) is 24.3 Å². The lowest BCUT2D eigenvalue weighted by Gasteiger charge is -2.09. The summed E-state index contributed by atoms with van der Waals surface area (Å²) in [5, 5.41) is 0. The van der Waals surface area contributed by atoms with Crippen molar-refractivity contribution in [3.63, 3.8) is 0 Å². The molecule has 68 valence electrons. The van der Waals surface area contributed by atoms with Gasteiger partial charge in [0.25, 0.3) is 5.91 Å². The summed E-state index contributed by atoms with van der Waals surface area (Å²) in [6.07, 6.45) is 0. The highest BCUT2D eigenvalue weighted by molar-refractivity contribution is 6.51. The van der Waals surface area contributed by atoms with E-state index in [1.54, 1.807) is 19.0 Å². The molecule has 0 bridgehead atoms. The van der Waals surface area contributed by atoms with E-state index in [4.69, 9.17) is 0 Å². The van der Waals surface area contributed by atoms with Crippen molar-refractivity contribution in [3.8, 4) is 0 Å². The molecular weight excluding hydrogens is 161 g/mol. The van der Waals surface area contributed by atoms with E-state index in [0.717, 1.165) is 12.8 Å². The molecule has 2 nitrogen and oxygen atoms in total. The Labute approximate surface area is 79.8 Å². The summed E-state index contributed by atoms with van der Waals surface area (Å²) in [5.41, 5.74) is 2.01. The van der Waals surface area contributed by atoms with Crippen molar-refractivity contribution >= 4 is 18.6 Å². The summed E-state index contributed by atoms with van der Waals surface area (Å²) < 4.78 is 0. The number of benzene rings is 1. The van der Waals surface area contributed by atoms with Gasteiger partial charge in [-0.25, -0.2) is 0 Å². The molecule has 0 saturated heterocycles. The molecule has 0 radical (unpaired) electrons. The molecule has 0 aromatic heterocycles. The molecule has 0 aliphatic heterocycles. The lowest BCUT2D eigenvalue weighted by Crippen LogP contribution is -2.22. The van der Waals surface area contributed by atoms with Gasteiger partial charge in [0.15, 0.2) is 7.28 Å². The fraction of sp³-hybridized carbons (Fsp3) is 0.300. The van der Waals surface area contributed by atoms with Gasteiger partial charge in [-0.2, -0.15) is 0 Å². The van der Waals surface area contributed by atoms with Gasteiger partial charge in [-0.15, -0.1) is 0 Å². The maximum atomic E-state index is 11.5. The Morgan fingerprint density at radius 1 is 1.23 bits per heavy atom. The Morgan fingerprint density at radius 2 is 1.77 bits per heavy atom. The summed E-state index contributed by atoms with van der Waals surface area (Å²) in [4.78, 5) is 13.1. The molecule has 0 spiro atoms. The zero-order chi connectivity index (χ0) is 9.84. The summed E-state index contributed by atoms with van der Waals surface area (Å²) in [7, 11) is 4.53. The zero-order valence-electron chi connectivity index (χ0n) is 8.37. The molecule has 0 unspecified atom stereocenters. The topological polar surface area (TPSA) is 20.3 Å². The van der Waals surface area contributed by atoms with Crippen LogP contribution in [-0.4, -0.2) is 32.2 Å². The molecule has 0 atom stereocenters. The molecule has 0 heterocycles. The number of carbonyl (C=O) groups is 1. The highest BCUT2D eigenvalue weighted by Crippen LogP contribution is 1.99. The van der Waals surface area contributed by atoms with E-state index in [1.807, 2.05) is 24.3 Å². The van der Waals surface area contributed by atoms with Gasteiger partial charge in [0.1, 0.15) is 0 Å². The molecule has 1 aromatic carbocycles. The zero-order valence-corrected chi connectivity index (χ0v) is 8.37. The Hall–Kier alpha value is -1.25. The van der Waals surface area contributed by atoms with E-state index in [9.17, 15) is 4.79 Å². The van der Waals surface area contributed by atoms with Crippen LogP contribution in [0.2, 0.25) is 6.82 Å². The fourth-order valence-electron chi connectivity index (χ4n) is 1.14. The predicted octanol–water partition coefficient (Wildman–Crippen LogP) is 0.498. The molecule has 13 heavy (non-hydrogen) atoms. The maximum absolute atomic E-state index is 11.5. The highest BCUT2D eigenvalue weighted by Gasteiger charge is 2.06. The minimum Gasteiger partial charge on any atom is -0.345 e. The highest BCUT2D eigenvalue weighted by atomic mass is 16.2. The van der Waals surface area contributed by atoms with E-state index in [2.05, 4.69) is 6.82 Å². The smallest absolute Gasteiger partial charge is 0.253 e. The summed E-state index contributed by atoms with van der Waals surface area (Å²) in [6, 6.07) is 7.75. The Morgan fingerprint density at radius 3 is 2.15 bits per heavy atom. The number of hydrogen-bond acceptors (Lipinski definition) is 1. The lowest BCUT2D eigenvalue weighted by atomic mass is 9.73. The molecule has 1 amide bonds. The van der Waals surface area contributed by atoms with E-state index < -0.39 is 0 Å². The van der Waals surface area contributed by atoms with Gasteiger partial charge in [0, 0.05) is 19.7 Å². The van der Waals surface area contributed by atoms with Crippen LogP contribution < -0.4 is 5.46 Å². The first-order valence-corrected chi connectivity index (χ1v) is 4.45. The van der Waals surface area contributed by atoms with Crippen LogP contribution in [-0.2, 0) is 0 Å².